The van der Waals surface area contributed by atoms with Gasteiger partial charge in [-0.05, 0) is 117 Å². The second-order valence-corrected chi connectivity index (χ2v) is 13.8. The van der Waals surface area contributed by atoms with Gasteiger partial charge in [-0.2, -0.15) is 0 Å². The van der Waals surface area contributed by atoms with Crippen LogP contribution in [0.1, 0.15) is 110 Å². The third-order valence-corrected chi connectivity index (χ3v) is 9.10. The molecule has 0 aromatic heterocycles. The van der Waals surface area contributed by atoms with Gasteiger partial charge < -0.3 is 55.3 Å². The molecule has 0 spiro atoms. The smallest absolute Gasteiger partial charge is 0.0110 e. The Morgan fingerprint density at radius 3 is 1.00 bits per heavy atom. The summed E-state index contributed by atoms with van der Waals surface area (Å²) in [6, 6.07) is 0. The van der Waals surface area contributed by atoms with Crippen molar-refractivity contribution < 1.29 is 0 Å². The van der Waals surface area contributed by atoms with E-state index in [2.05, 4.69) is 37.6 Å². The normalized spacial score (nSPS) is 11.6. The van der Waals surface area contributed by atoms with E-state index in [0.717, 1.165) is 91.5 Å². The first-order chi connectivity index (χ1) is 24.6. The molecular formula is C38H92N12. The molecule has 304 valence electrons. The summed E-state index contributed by atoms with van der Waals surface area (Å²) < 4.78 is 0. The number of nitrogens with two attached hydrogens (primary N) is 6. The average Bonchev–Trinajstić information content (AvgIpc) is 3.12. The van der Waals surface area contributed by atoms with Crippen LogP contribution in [0, 0.1) is 0 Å². The summed E-state index contributed by atoms with van der Waals surface area (Å²) in [7, 11) is 0. The van der Waals surface area contributed by atoms with Crippen molar-refractivity contribution in [3.63, 3.8) is 0 Å². The van der Waals surface area contributed by atoms with Gasteiger partial charge in [0.2, 0.25) is 0 Å². The van der Waals surface area contributed by atoms with Crippen LogP contribution in [0.3, 0.4) is 0 Å². The molecule has 0 aliphatic rings. The number of unbranched alkanes of at least 4 members (excludes halogenated alkanes) is 11. The maximum atomic E-state index is 5.75. The highest BCUT2D eigenvalue weighted by Crippen LogP contribution is 2.04. The number of nitrogens with one attached hydrogen (secondary N) is 3. The maximum absolute atomic E-state index is 5.75. The van der Waals surface area contributed by atoms with E-state index < -0.39 is 0 Å². The fourth-order valence-corrected chi connectivity index (χ4v) is 5.97. The predicted octanol–water partition coefficient (Wildman–Crippen LogP) is 1.66. The lowest BCUT2D eigenvalue weighted by Crippen LogP contribution is -2.40. The number of rotatable bonds is 41. The van der Waals surface area contributed by atoms with Gasteiger partial charge in [-0.15, -0.1) is 0 Å². The van der Waals surface area contributed by atoms with Gasteiger partial charge in [0.15, 0.2) is 0 Å². The molecule has 0 rings (SSSR count). The van der Waals surface area contributed by atoms with Crippen LogP contribution in [0.4, 0.5) is 0 Å². The van der Waals surface area contributed by atoms with Crippen molar-refractivity contribution in [3.8, 4) is 0 Å². The third-order valence-electron chi connectivity index (χ3n) is 9.10. The SMILES string of the molecule is CCCCCCNCCCCCNCCCCCN.NCCCCCN(CCCCCNCCN(CCN)CCN)CCN(CCN)CCN. The van der Waals surface area contributed by atoms with E-state index in [9.17, 15) is 0 Å². The molecule has 0 aromatic carbocycles. The molecule has 0 unspecified atom stereocenters. The molecule has 0 fully saturated rings. The minimum atomic E-state index is 0.693. The lowest BCUT2D eigenvalue weighted by Gasteiger charge is -2.27. The summed E-state index contributed by atoms with van der Waals surface area (Å²) in [5.74, 6) is 0. The molecule has 0 atom stereocenters. The molecule has 0 heterocycles. The highest BCUT2D eigenvalue weighted by molar-refractivity contribution is 4.66. The van der Waals surface area contributed by atoms with Crippen molar-refractivity contribution >= 4 is 0 Å². The molecule has 0 aliphatic carbocycles. The van der Waals surface area contributed by atoms with Crippen molar-refractivity contribution in [2.45, 2.75) is 110 Å². The molecule has 0 radical (unpaired) electrons. The maximum Gasteiger partial charge on any atom is 0.0110 e. The fourth-order valence-electron chi connectivity index (χ4n) is 5.97. The fraction of sp³-hybridized carbons (Fsp3) is 1.00. The van der Waals surface area contributed by atoms with Gasteiger partial charge >= 0.3 is 0 Å². The minimum absolute atomic E-state index is 0.693. The van der Waals surface area contributed by atoms with E-state index in [1.807, 2.05) is 0 Å². The summed E-state index contributed by atoms with van der Waals surface area (Å²) in [4.78, 5) is 7.32. The first-order valence-corrected chi connectivity index (χ1v) is 21.1. The lowest BCUT2D eigenvalue weighted by molar-refractivity contribution is 0.203. The van der Waals surface area contributed by atoms with Crippen LogP contribution < -0.4 is 50.4 Å². The van der Waals surface area contributed by atoms with Crippen LogP contribution in [-0.2, 0) is 0 Å². The first-order valence-electron chi connectivity index (χ1n) is 21.1. The molecule has 0 saturated heterocycles. The lowest BCUT2D eigenvalue weighted by atomic mass is 10.2. The molecule has 0 amide bonds. The topological polar surface area (TPSA) is 202 Å². The highest BCUT2D eigenvalue weighted by Gasteiger charge is 2.09. The van der Waals surface area contributed by atoms with Crippen LogP contribution in [0.5, 0.6) is 0 Å². The predicted molar refractivity (Wildman–Crippen MR) is 222 cm³/mol. The zero-order valence-corrected chi connectivity index (χ0v) is 33.5. The molecule has 0 bridgehead atoms. The van der Waals surface area contributed by atoms with Crippen molar-refractivity contribution in [3.05, 3.63) is 0 Å². The standard InChI is InChI=1S/C22H55N9.C16H37N3/c23-7-3-1-5-14-29(21-22-31(18-10-26)19-11-27)15-6-2-4-12-28-13-20-30(16-8-24)17-9-25;1-2-3-4-8-13-18-15-10-6-11-16-19-14-9-5-7-12-17/h28H,1-27H2;18-19H,2-17H2,1H3. The highest BCUT2D eigenvalue weighted by atomic mass is 15.2. The van der Waals surface area contributed by atoms with E-state index in [4.69, 9.17) is 34.4 Å². The zero-order chi connectivity index (χ0) is 37.0. The molecule has 0 saturated carbocycles. The molecule has 12 heteroatoms. The number of nitrogens with zero attached hydrogens (tertiary/aromatic N) is 3. The Bertz CT molecular complexity index is 562. The Balaban J connectivity index is 0. The van der Waals surface area contributed by atoms with E-state index >= 15 is 0 Å². The number of hydrogen-bond donors (Lipinski definition) is 9. The van der Waals surface area contributed by atoms with Gasteiger partial charge in [0, 0.05) is 78.5 Å². The third kappa shape index (κ3) is 41.9. The zero-order valence-electron chi connectivity index (χ0n) is 33.5. The largest absolute Gasteiger partial charge is 0.330 e. The Hall–Kier alpha value is -0.480. The second kappa shape index (κ2) is 46.5. The van der Waals surface area contributed by atoms with Crippen molar-refractivity contribution in [1.82, 2.24) is 30.7 Å². The van der Waals surface area contributed by atoms with Gasteiger partial charge in [-0.25, -0.2) is 0 Å². The monoisotopic (exact) mass is 717 g/mol. The average molecular weight is 717 g/mol. The second-order valence-electron chi connectivity index (χ2n) is 13.8. The van der Waals surface area contributed by atoms with Gasteiger partial charge in [-0.3, -0.25) is 9.80 Å². The van der Waals surface area contributed by atoms with Crippen LogP contribution in [0.25, 0.3) is 0 Å². The summed E-state index contributed by atoms with van der Waals surface area (Å²) in [5.41, 5.74) is 33.9. The Labute approximate surface area is 311 Å². The van der Waals surface area contributed by atoms with E-state index in [1.165, 1.54) is 122 Å². The van der Waals surface area contributed by atoms with E-state index in [-0.39, 0.29) is 0 Å². The van der Waals surface area contributed by atoms with Crippen molar-refractivity contribution in [1.29, 1.82) is 0 Å². The Morgan fingerprint density at radius 2 is 0.600 bits per heavy atom. The van der Waals surface area contributed by atoms with Gasteiger partial charge in [0.25, 0.3) is 0 Å². The van der Waals surface area contributed by atoms with E-state index in [0.29, 0.717) is 26.2 Å². The molecule has 15 N–H and O–H groups in total. The van der Waals surface area contributed by atoms with Crippen molar-refractivity contribution in [2.75, 3.05) is 137 Å². The Kier molecular flexibility index (Phi) is 48.1. The Morgan fingerprint density at radius 1 is 0.280 bits per heavy atom. The number of hydrogen-bond acceptors (Lipinski definition) is 12. The quantitative estimate of drug-likeness (QED) is 0.0415. The van der Waals surface area contributed by atoms with Crippen LogP contribution in [0.15, 0.2) is 0 Å². The summed E-state index contributed by atoms with van der Waals surface area (Å²) in [6.07, 6.45) is 20.5. The molecule has 0 aliphatic heterocycles. The summed E-state index contributed by atoms with van der Waals surface area (Å²) >= 11 is 0. The molecule has 50 heavy (non-hydrogen) atoms. The summed E-state index contributed by atoms with van der Waals surface area (Å²) in [6.45, 7) is 22.7. The van der Waals surface area contributed by atoms with Gasteiger partial charge in [0.05, 0.1) is 0 Å². The van der Waals surface area contributed by atoms with Crippen LogP contribution >= 0.6 is 0 Å². The molecular weight excluding hydrogens is 625 g/mol. The minimum Gasteiger partial charge on any atom is -0.330 e. The summed E-state index contributed by atoms with van der Waals surface area (Å²) in [5, 5.41) is 10.6. The van der Waals surface area contributed by atoms with Crippen LogP contribution in [-0.4, -0.2) is 152 Å². The van der Waals surface area contributed by atoms with Crippen molar-refractivity contribution in [2.24, 2.45) is 34.4 Å². The first kappa shape index (κ1) is 51.6. The van der Waals surface area contributed by atoms with Gasteiger partial charge in [0.1, 0.15) is 0 Å². The van der Waals surface area contributed by atoms with Crippen LogP contribution in [0.2, 0.25) is 0 Å². The molecule has 0 aromatic rings. The van der Waals surface area contributed by atoms with E-state index in [1.54, 1.807) is 0 Å². The molecule has 12 nitrogen and oxygen atoms in total. The van der Waals surface area contributed by atoms with Gasteiger partial charge in [-0.1, -0.05) is 51.9 Å².